The Bertz CT molecular complexity index is 1700. The van der Waals surface area contributed by atoms with Crippen LogP contribution in [-0.2, 0) is 21.7 Å². The summed E-state index contributed by atoms with van der Waals surface area (Å²) in [5, 5.41) is 23.5. The molecule has 4 aromatic rings. The fraction of sp³-hybridized carbons (Fsp3) is 0.435. The first kappa shape index (κ1) is 37.1. The summed E-state index contributed by atoms with van der Waals surface area (Å²) in [7, 11) is 0. The largest absolute Gasteiger partial charge is 0.507 e. The van der Waals surface area contributed by atoms with Crippen LogP contribution in [0.25, 0.3) is 0 Å². The molecule has 0 unspecified atom stereocenters. The minimum Gasteiger partial charge on any atom is -0.507 e. The lowest BCUT2D eigenvalue weighted by molar-refractivity contribution is 0.390. The third-order valence-corrected chi connectivity index (χ3v) is 10.9. The first-order valence-electron chi connectivity index (χ1n) is 18.3. The van der Waals surface area contributed by atoms with Crippen LogP contribution in [0.5, 0.6) is 11.5 Å². The number of hydrogen-bond acceptors (Lipinski definition) is 4. The molecule has 4 heteroatoms. The third kappa shape index (κ3) is 7.90. The molecular formula is C46H58N2O2. The standard InChI is InChI=1S/C46H58N2O2/c1-43(2,3)35-25-31(41(49)37(27-35)45(7,8)33-19-13-11-14-20-33)29-47-39-23-17-18-24-40(39)48-30-32-26-36(44(4,5)6)28-38(42(32)50)46(9,10)34-21-15-12-16-22-34/h11-16,19-22,25-30,39-40,49-50H,17-18,23-24H2,1-10H3/t39-,40-/m1/s1. The summed E-state index contributed by atoms with van der Waals surface area (Å²) in [5.41, 5.74) is 6.92. The maximum atomic E-state index is 11.8. The van der Waals surface area contributed by atoms with Crippen molar-refractivity contribution < 1.29 is 10.2 Å². The highest BCUT2D eigenvalue weighted by Crippen LogP contribution is 2.43. The molecule has 1 aliphatic carbocycles. The lowest BCUT2D eigenvalue weighted by atomic mass is 9.74. The Balaban J connectivity index is 1.51. The molecule has 2 N–H and O–H groups in total. The van der Waals surface area contributed by atoms with Crippen molar-refractivity contribution in [2.24, 2.45) is 9.98 Å². The van der Waals surface area contributed by atoms with Crippen LogP contribution in [0.2, 0.25) is 0 Å². The van der Waals surface area contributed by atoms with Crippen molar-refractivity contribution in [3.8, 4) is 11.5 Å². The van der Waals surface area contributed by atoms with E-state index >= 15 is 0 Å². The molecule has 0 aliphatic heterocycles. The molecule has 0 aromatic heterocycles. The van der Waals surface area contributed by atoms with Gasteiger partial charge >= 0.3 is 0 Å². The van der Waals surface area contributed by atoms with Crippen LogP contribution >= 0.6 is 0 Å². The second-order valence-corrected chi connectivity index (χ2v) is 17.4. The zero-order valence-corrected chi connectivity index (χ0v) is 32.0. The molecule has 50 heavy (non-hydrogen) atoms. The summed E-state index contributed by atoms with van der Waals surface area (Å²) in [4.78, 5) is 10.3. The average Bonchev–Trinajstić information content (AvgIpc) is 3.07. The highest BCUT2D eigenvalue weighted by Gasteiger charge is 2.32. The van der Waals surface area contributed by atoms with E-state index in [2.05, 4.69) is 142 Å². The molecule has 1 fully saturated rings. The Morgan fingerprint density at radius 2 is 0.840 bits per heavy atom. The smallest absolute Gasteiger partial charge is 0.128 e. The summed E-state index contributed by atoms with van der Waals surface area (Å²) in [6, 6.07) is 29.3. The highest BCUT2D eigenvalue weighted by molar-refractivity contribution is 5.86. The fourth-order valence-electron chi connectivity index (χ4n) is 7.14. The highest BCUT2D eigenvalue weighted by atomic mass is 16.3. The van der Waals surface area contributed by atoms with Crippen molar-refractivity contribution in [1.82, 2.24) is 0 Å². The summed E-state index contributed by atoms with van der Waals surface area (Å²) in [6.07, 6.45) is 7.81. The second kappa shape index (κ2) is 14.2. The van der Waals surface area contributed by atoms with E-state index in [4.69, 9.17) is 9.98 Å². The minimum absolute atomic E-state index is 0.0172. The minimum atomic E-state index is -0.398. The molecule has 0 spiro atoms. The first-order valence-corrected chi connectivity index (χ1v) is 18.3. The lowest BCUT2D eigenvalue weighted by Gasteiger charge is -2.31. The van der Waals surface area contributed by atoms with Gasteiger partial charge in [0.25, 0.3) is 0 Å². The lowest BCUT2D eigenvalue weighted by Crippen LogP contribution is -2.27. The zero-order chi connectivity index (χ0) is 36.5. The van der Waals surface area contributed by atoms with Gasteiger partial charge in [-0.25, -0.2) is 0 Å². The SMILES string of the molecule is CC(C)(C)c1cc(C=N[C@@H]2CCCC[C@H]2N=Cc2cc(C(C)(C)C)cc(C(C)(C)c3ccccc3)c2O)c(O)c(C(C)(C)c2ccccc2)c1. The van der Waals surface area contributed by atoms with E-state index in [0.717, 1.165) is 70.2 Å². The molecule has 0 saturated heterocycles. The van der Waals surface area contributed by atoms with Crippen LogP contribution in [0.3, 0.4) is 0 Å². The van der Waals surface area contributed by atoms with Gasteiger partial charge in [0.15, 0.2) is 0 Å². The molecule has 264 valence electrons. The van der Waals surface area contributed by atoms with Gasteiger partial charge < -0.3 is 10.2 Å². The number of hydrogen-bond donors (Lipinski definition) is 2. The number of nitrogens with zero attached hydrogens (tertiary/aromatic N) is 2. The molecule has 1 aliphatic rings. The van der Waals surface area contributed by atoms with Gasteiger partial charge in [0, 0.05) is 45.5 Å². The molecule has 0 radical (unpaired) electrons. The molecular weight excluding hydrogens is 613 g/mol. The molecule has 4 nitrogen and oxygen atoms in total. The quantitative estimate of drug-likeness (QED) is 0.183. The third-order valence-electron chi connectivity index (χ3n) is 10.9. The summed E-state index contributed by atoms with van der Waals surface area (Å²) < 4.78 is 0. The molecule has 0 amide bonds. The topological polar surface area (TPSA) is 65.2 Å². The van der Waals surface area contributed by atoms with E-state index in [1.54, 1.807) is 0 Å². The van der Waals surface area contributed by atoms with Gasteiger partial charge in [0.1, 0.15) is 11.5 Å². The molecule has 5 rings (SSSR count). The normalized spacial score (nSPS) is 17.9. The average molecular weight is 671 g/mol. The Hall–Kier alpha value is -4.18. The van der Waals surface area contributed by atoms with Crippen molar-refractivity contribution in [1.29, 1.82) is 0 Å². The van der Waals surface area contributed by atoms with Gasteiger partial charge in [-0.15, -0.1) is 0 Å². The number of aromatic hydroxyl groups is 2. The molecule has 0 bridgehead atoms. The number of benzene rings is 4. The monoisotopic (exact) mass is 670 g/mol. The van der Waals surface area contributed by atoms with E-state index in [-0.39, 0.29) is 34.4 Å². The van der Waals surface area contributed by atoms with Gasteiger partial charge in [-0.2, -0.15) is 0 Å². The van der Waals surface area contributed by atoms with Gasteiger partial charge in [-0.3, -0.25) is 9.98 Å². The van der Waals surface area contributed by atoms with Crippen molar-refractivity contribution in [3.63, 3.8) is 0 Å². The van der Waals surface area contributed by atoms with E-state index in [1.165, 1.54) is 0 Å². The van der Waals surface area contributed by atoms with Gasteiger partial charge in [0.05, 0.1) is 12.1 Å². The maximum Gasteiger partial charge on any atom is 0.128 e. The van der Waals surface area contributed by atoms with Crippen LogP contribution < -0.4 is 0 Å². The number of phenolic OH excluding ortho intramolecular Hbond substituents is 2. The summed E-state index contributed by atoms with van der Waals surface area (Å²) in [5.74, 6) is 0.563. The molecule has 2 atom stereocenters. The zero-order valence-electron chi connectivity index (χ0n) is 32.0. The van der Waals surface area contributed by atoms with Crippen molar-refractivity contribution in [2.45, 2.75) is 129 Å². The van der Waals surface area contributed by atoms with Crippen LogP contribution in [0.1, 0.15) is 139 Å². The van der Waals surface area contributed by atoms with Crippen molar-refractivity contribution in [3.05, 3.63) is 129 Å². The Kier molecular flexibility index (Phi) is 10.5. The van der Waals surface area contributed by atoms with Gasteiger partial charge in [0.2, 0.25) is 0 Å². The Morgan fingerprint density at radius 3 is 1.16 bits per heavy atom. The van der Waals surface area contributed by atoms with Crippen LogP contribution in [0.15, 0.2) is 94.9 Å². The Labute approximate surface area is 301 Å². The fourth-order valence-corrected chi connectivity index (χ4v) is 7.14. The van der Waals surface area contributed by atoms with Crippen molar-refractivity contribution in [2.75, 3.05) is 0 Å². The van der Waals surface area contributed by atoms with Crippen LogP contribution in [0.4, 0.5) is 0 Å². The molecule has 4 aromatic carbocycles. The van der Waals surface area contributed by atoms with E-state index in [1.807, 2.05) is 24.6 Å². The Morgan fingerprint density at radius 1 is 0.500 bits per heavy atom. The molecule has 1 saturated carbocycles. The van der Waals surface area contributed by atoms with E-state index in [0.29, 0.717) is 0 Å². The van der Waals surface area contributed by atoms with Gasteiger partial charge in [-0.1, -0.05) is 155 Å². The van der Waals surface area contributed by atoms with Crippen LogP contribution in [-0.4, -0.2) is 34.7 Å². The van der Waals surface area contributed by atoms with E-state index < -0.39 is 10.8 Å². The second-order valence-electron chi connectivity index (χ2n) is 17.4. The summed E-state index contributed by atoms with van der Waals surface area (Å²) in [6.45, 7) is 22.0. The summed E-state index contributed by atoms with van der Waals surface area (Å²) >= 11 is 0. The number of rotatable bonds is 8. The predicted molar refractivity (Wildman–Crippen MR) is 212 cm³/mol. The van der Waals surface area contributed by atoms with E-state index in [9.17, 15) is 10.2 Å². The number of aliphatic imine (C=N–C) groups is 2. The number of phenols is 2. The molecule has 0 heterocycles. The predicted octanol–water partition coefficient (Wildman–Crippen LogP) is 11.2. The van der Waals surface area contributed by atoms with Crippen LogP contribution in [0, 0.1) is 0 Å². The maximum absolute atomic E-state index is 11.8. The van der Waals surface area contributed by atoms with Crippen molar-refractivity contribution >= 4 is 12.4 Å². The first-order chi connectivity index (χ1) is 23.4. The van der Waals surface area contributed by atoms with Gasteiger partial charge in [-0.05, 0) is 58.1 Å².